The lowest BCUT2D eigenvalue weighted by atomic mass is 9.95. The standard InChI is InChI=1S/C22H40NO6S/c1-3-4-9-14-30(24,25)23-16-18-17(2)19(28-21-10-5-7-12-26-21)15-20(18)29-22-11-6-8-13-27-22/h18-23H,3-16H2,1-2H3. The molecule has 175 valence electrons. The smallest absolute Gasteiger partial charge is 0.211 e. The molecule has 7 nitrogen and oxygen atoms in total. The Balaban J connectivity index is 1.59. The van der Waals surface area contributed by atoms with Gasteiger partial charge < -0.3 is 18.9 Å². The van der Waals surface area contributed by atoms with Gasteiger partial charge in [0.05, 0.1) is 18.0 Å². The summed E-state index contributed by atoms with van der Waals surface area (Å²) in [6.07, 6.45) is 8.96. The van der Waals surface area contributed by atoms with Crippen LogP contribution in [0.2, 0.25) is 0 Å². The third-order valence-electron chi connectivity index (χ3n) is 6.45. The van der Waals surface area contributed by atoms with Gasteiger partial charge >= 0.3 is 0 Å². The molecule has 2 aliphatic heterocycles. The zero-order valence-corrected chi connectivity index (χ0v) is 19.5. The van der Waals surface area contributed by atoms with Gasteiger partial charge in [0.25, 0.3) is 0 Å². The van der Waals surface area contributed by atoms with E-state index in [4.69, 9.17) is 18.9 Å². The van der Waals surface area contributed by atoms with E-state index in [1.165, 1.54) is 0 Å². The molecule has 0 aromatic rings. The van der Waals surface area contributed by atoms with E-state index < -0.39 is 10.0 Å². The Bertz CT molecular complexity index is 588. The van der Waals surface area contributed by atoms with Gasteiger partial charge in [0.2, 0.25) is 10.0 Å². The molecule has 30 heavy (non-hydrogen) atoms. The van der Waals surface area contributed by atoms with E-state index >= 15 is 0 Å². The lowest BCUT2D eigenvalue weighted by Gasteiger charge is -2.29. The Labute approximate surface area is 182 Å². The van der Waals surface area contributed by atoms with E-state index in [1.54, 1.807) is 0 Å². The molecule has 2 saturated heterocycles. The minimum Gasteiger partial charge on any atom is -0.353 e. The highest BCUT2D eigenvalue weighted by Crippen LogP contribution is 2.40. The fraction of sp³-hybridized carbons (Fsp3) is 0.955. The van der Waals surface area contributed by atoms with Gasteiger partial charge in [-0.25, -0.2) is 13.1 Å². The minimum atomic E-state index is -3.28. The topological polar surface area (TPSA) is 83.1 Å². The number of rotatable bonds is 11. The monoisotopic (exact) mass is 446 g/mol. The maximum Gasteiger partial charge on any atom is 0.211 e. The third kappa shape index (κ3) is 7.41. The van der Waals surface area contributed by atoms with E-state index in [9.17, 15) is 8.42 Å². The number of ether oxygens (including phenoxy) is 4. The van der Waals surface area contributed by atoms with Crippen molar-refractivity contribution in [1.29, 1.82) is 0 Å². The number of sulfonamides is 1. The van der Waals surface area contributed by atoms with Crippen LogP contribution in [0, 0.1) is 11.8 Å². The van der Waals surface area contributed by atoms with Crippen molar-refractivity contribution >= 4 is 10.0 Å². The van der Waals surface area contributed by atoms with Crippen molar-refractivity contribution in [2.24, 2.45) is 5.92 Å². The molecule has 8 heteroatoms. The van der Waals surface area contributed by atoms with Gasteiger partial charge in [-0.3, -0.25) is 0 Å². The highest BCUT2D eigenvalue weighted by molar-refractivity contribution is 7.89. The van der Waals surface area contributed by atoms with Crippen LogP contribution in [0.1, 0.15) is 78.1 Å². The first-order valence-electron chi connectivity index (χ1n) is 11.8. The molecule has 5 unspecified atom stereocenters. The zero-order valence-electron chi connectivity index (χ0n) is 18.6. The predicted molar refractivity (Wildman–Crippen MR) is 115 cm³/mol. The van der Waals surface area contributed by atoms with Gasteiger partial charge in [0.15, 0.2) is 12.6 Å². The molecule has 1 aliphatic carbocycles. The fourth-order valence-corrected chi connectivity index (χ4v) is 5.71. The molecule has 2 heterocycles. The van der Waals surface area contributed by atoms with Crippen LogP contribution in [0.5, 0.6) is 0 Å². The van der Waals surface area contributed by atoms with Gasteiger partial charge in [-0.1, -0.05) is 26.7 Å². The molecule has 5 atom stereocenters. The Morgan fingerprint density at radius 3 is 2.27 bits per heavy atom. The first kappa shape index (κ1) is 24.4. The van der Waals surface area contributed by atoms with E-state index in [0.29, 0.717) is 19.4 Å². The summed E-state index contributed by atoms with van der Waals surface area (Å²) < 4.78 is 51.8. The molecule has 3 aliphatic rings. The Kier molecular flexibility index (Phi) is 9.85. The van der Waals surface area contributed by atoms with Crippen molar-refractivity contribution < 1.29 is 27.4 Å². The lowest BCUT2D eigenvalue weighted by molar-refractivity contribution is -0.202. The van der Waals surface area contributed by atoms with Crippen molar-refractivity contribution in [3.05, 3.63) is 5.92 Å². The van der Waals surface area contributed by atoms with Crippen LogP contribution in [0.4, 0.5) is 0 Å². The lowest BCUT2D eigenvalue weighted by Crippen LogP contribution is -2.38. The summed E-state index contributed by atoms with van der Waals surface area (Å²) in [5.41, 5.74) is 0. The van der Waals surface area contributed by atoms with Crippen LogP contribution < -0.4 is 4.72 Å². The summed E-state index contributed by atoms with van der Waals surface area (Å²) in [5, 5.41) is 0. The van der Waals surface area contributed by atoms with Crippen molar-refractivity contribution in [2.75, 3.05) is 25.5 Å². The Morgan fingerprint density at radius 1 is 1.00 bits per heavy atom. The van der Waals surface area contributed by atoms with E-state index in [0.717, 1.165) is 70.5 Å². The molecule has 0 bridgehead atoms. The van der Waals surface area contributed by atoms with Crippen LogP contribution in [0.3, 0.4) is 0 Å². The van der Waals surface area contributed by atoms with Crippen molar-refractivity contribution in [1.82, 2.24) is 4.72 Å². The average molecular weight is 447 g/mol. The van der Waals surface area contributed by atoms with Crippen molar-refractivity contribution in [3.63, 3.8) is 0 Å². The van der Waals surface area contributed by atoms with Crippen LogP contribution in [0.25, 0.3) is 0 Å². The van der Waals surface area contributed by atoms with Crippen LogP contribution >= 0.6 is 0 Å². The fourth-order valence-electron chi connectivity index (χ4n) is 4.55. The predicted octanol–water partition coefficient (Wildman–Crippen LogP) is 3.53. The number of unbranched alkanes of at least 4 members (excludes halogenated alkanes) is 2. The Morgan fingerprint density at radius 2 is 1.67 bits per heavy atom. The Hall–Kier alpha value is -0.250. The summed E-state index contributed by atoms with van der Waals surface area (Å²) in [6, 6.07) is 0. The molecular weight excluding hydrogens is 406 g/mol. The second-order valence-corrected chi connectivity index (χ2v) is 10.8. The number of nitrogens with one attached hydrogen (secondary N) is 1. The molecule has 0 amide bonds. The summed E-state index contributed by atoms with van der Waals surface area (Å²) in [6.45, 7) is 5.96. The van der Waals surface area contributed by atoms with Crippen LogP contribution in [-0.4, -0.2) is 58.7 Å². The molecule has 1 radical (unpaired) electrons. The highest BCUT2D eigenvalue weighted by atomic mass is 32.2. The molecule has 3 rings (SSSR count). The number of hydrogen-bond donors (Lipinski definition) is 1. The first-order chi connectivity index (χ1) is 14.5. The molecular formula is C22H40NO6S. The summed E-state index contributed by atoms with van der Waals surface area (Å²) in [4.78, 5) is 0. The quantitative estimate of drug-likeness (QED) is 0.489. The highest BCUT2D eigenvalue weighted by Gasteiger charge is 2.45. The molecule has 3 fully saturated rings. The molecule has 1 N–H and O–H groups in total. The van der Waals surface area contributed by atoms with Gasteiger partial charge in [-0.05, 0) is 44.9 Å². The van der Waals surface area contributed by atoms with Crippen molar-refractivity contribution in [3.8, 4) is 0 Å². The average Bonchev–Trinajstić information content (AvgIpc) is 3.02. The van der Waals surface area contributed by atoms with Gasteiger partial charge in [-0.2, -0.15) is 0 Å². The SMILES string of the molecule is CCCCCS(=O)(=O)NCC1[C](C)C(OC2CCCCO2)CC1OC1CCCCO1. The first-order valence-corrected chi connectivity index (χ1v) is 13.5. The van der Waals surface area contributed by atoms with Gasteiger partial charge in [-0.15, -0.1) is 0 Å². The summed E-state index contributed by atoms with van der Waals surface area (Å²) in [5.74, 6) is 1.30. The third-order valence-corrected chi connectivity index (χ3v) is 7.88. The molecule has 0 aromatic heterocycles. The normalized spacial score (nSPS) is 33.7. The zero-order chi connectivity index (χ0) is 21.4. The van der Waals surface area contributed by atoms with Crippen molar-refractivity contribution in [2.45, 2.75) is 103 Å². The van der Waals surface area contributed by atoms with Crippen LogP contribution in [-0.2, 0) is 29.0 Å². The van der Waals surface area contributed by atoms with E-state index in [2.05, 4.69) is 18.6 Å². The van der Waals surface area contributed by atoms with Gasteiger partial charge in [0.1, 0.15) is 0 Å². The maximum atomic E-state index is 12.4. The van der Waals surface area contributed by atoms with Crippen LogP contribution in [0.15, 0.2) is 0 Å². The summed E-state index contributed by atoms with van der Waals surface area (Å²) >= 11 is 0. The minimum absolute atomic E-state index is 0.0231. The largest absolute Gasteiger partial charge is 0.353 e. The van der Waals surface area contributed by atoms with E-state index in [-0.39, 0.29) is 36.5 Å². The van der Waals surface area contributed by atoms with Gasteiger partial charge in [0, 0.05) is 38.0 Å². The molecule has 1 saturated carbocycles. The van der Waals surface area contributed by atoms with E-state index in [1.807, 2.05) is 0 Å². The number of hydrogen-bond acceptors (Lipinski definition) is 6. The second-order valence-electron chi connectivity index (χ2n) is 8.85. The maximum absolute atomic E-state index is 12.4. The summed E-state index contributed by atoms with van der Waals surface area (Å²) in [7, 11) is -3.28. The molecule has 0 aromatic carbocycles. The molecule has 0 spiro atoms. The second kappa shape index (κ2) is 12.1.